The summed E-state index contributed by atoms with van der Waals surface area (Å²) in [5.41, 5.74) is 0.0693. The molecule has 0 aliphatic rings. The van der Waals surface area contributed by atoms with E-state index in [1.54, 1.807) is 38.1 Å². The zero-order valence-electron chi connectivity index (χ0n) is 16.3. The van der Waals surface area contributed by atoms with Gasteiger partial charge in [-0.05, 0) is 50.6 Å². The summed E-state index contributed by atoms with van der Waals surface area (Å²) in [5, 5.41) is 6.67. The minimum atomic E-state index is -0.805. The lowest BCUT2D eigenvalue weighted by molar-refractivity contribution is 0.0933. The van der Waals surface area contributed by atoms with E-state index in [9.17, 15) is 18.8 Å². The number of hydrogen-bond donors (Lipinski definition) is 1. The van der Waals surface area contributed by atoms with Gasteiger partial charge in [-0.2, -0.15) is 9.78 Å². The van der Waals surface area contributed by atoms with Crippen LogP contribution in [0.25, 0.3) is 5.69 Å². The number of hydrogen-bond acceptors (Lipinski definition) is 4. The lowest BCUT2D eigenvalue weighted by Crippen LogP contribution is -2.46. The summed E-state index contributed by atoms with van der Waals surface area (Å²) in [4.78, 5) is 38.4. The van der Waals surface area contributed by atoms with Gasteiger partial charge in [-0.15, -0.1) is 0 Å². The summed E-state index contributed by atoms with van der Waals surface area (Å²) in [7, 11) is 0. The van der Waals surface area contributed by atoms with Crippen LogP contribution >= 0.6 is 0 Å². The summed E-state index contributed by atoms with van der Waals surface area (Å²) in [5.74, 6) is -1.09. The molecule has 0 aliphatic heterocycles. The number of benzene rings is 2. The summed E-state index contributed by atoms with van der Waals surface area (Å²) >= 11 is 0. The first-order chi connectivity index (χ1) is 13.8. The van der Waals surface area contributed by atoms with Crippen LogP contribution in [-0.2, 0) is 6.54 Å². The molecule has 0 radical (unpaired) electrons. The average Bonchev–Trinajstić information content (AvgIpc) is 2.67. The van der Waals surface area contributed by atoms with Crippen molar-refractivity contribution in [3.05, 3.63) is 92.0 Å². The lowest BCUT2D eigenvalue weighted by atomic mass is 10.2. The normalized spacial score (nSPS) is 10.9. The van der Waals surface area contributed by atoms with E-state index in [0.29, 0.717) is 11.3 Å². The van der Waals surface area contributed by atoms with Gasteiger partial charge >= 0.3 is 5.69 Å². The molecular formula is C21H21FN4O3. The molecule has 0 atom stereocenters. The quantitative estimate of drug-likeness (QED) is 0.715. The van der Waals surface area contributed by atoms with Crippen molar-refractivity contribution in [1.82, 2.24) is 19.7 Å². The third-order valence-electron chi connectivity index (χ3n) is 4.23. The Morgan fingerprint density at radius 1 is 1.07 bits per heavy atom. The molecule has 0 saturated carbocycles. The fourth-order valence-corrected chi connectivity index (χ4v) is 2.75. The monoisotopic (exact) mass is 396 g/mol. The van der Waals surface area contributed by atoms with E-state index in [-0.39, 0.29) is 18.3 Å². The van der Waals surface area contributed by atoms with Gasteiger partial charge in [0.05, 0.1) is 12.2 Å². The fraction of sp³-hybridized carbons (Fsp3) is 0.238. The predicted octanol–water partition coefficient (Wildman–Crippen LogP) is 2.03. The van der Waals surface area contributed by atoms with E-state index >= 15 is 0 Å². The van der Waals surface area contributed by atoms with E-state index in [1.165, 1.54) is 24.3 Å². The maximum Gasteiger partial charge on any atom is 0.352 e. The molecule has 0 saturated heterocycles. The first-order valence-corrected chi connectivity index (χ1v) is 9.13. The third-order valence-corrected chi connectivity index (χ3v) is 4.23. The van der Waals surface area contributed by atoms with Crippen molar-refractivity contribution in [2.75, 3.05) is 0 Å². The van der Waals surface area contributed by atoms with Crippen LogP contribution in [0.2, 0.25) is 0 Å². The van der Waals surface area contributed by atoms with Crippen LogP contribution in [0, 0.1) is 12.7 Å². The van der Waals surface area contributed by atoms with E-state index < -0.39 is 23.0 Å². The van der Waals surface area contributed by atoms with Crippen LogP contribution in [0.4, 0.5) is 4.39 Å². The molecule has 0 unspecified atom stereocenters. The zero-order valence-corrected chi connectivity index (χ0v) is 16.3. The van der Waals surface area contributed by atoms with Crippen molar-refractivity contribution in [1.29, 1.82) is 0 Å². The Kier molecular flexibility index (Phi) is 5.72. The van der Waals surface area contributed by atoms with Crippen molar-refractivity contribution >= 4 is 5.91 Å². The highest BCUT2D eigenvalue weighted by atomic mass is 19.1. The minimum Gasteiger partial charge on any atom is -0.348 e. The van der Waals surface area contributed by atoms with E-state index in [2.05, 4.69) is 10.4 Å². The smallest absolute Gasteiger partial charge is 0.348 e. The van der Waals surface area contributed by atoms with Crippen molar-refractivity contribution in [2.45, 2.75) is 33.4 Å². The Bertz CT molecular complexity index is 1150. The highest BCUT2D eigenvalue weighted by Crippen LogP contribution is 2.07. The Balaban J connectivity index is 2.19. The number of nitrogens with zero attached hydrogens (tertiary/aromatic N) is 3. The van der Waals surface area contributed by atoms with E-state index in [1.807, 2.05) is 6.92 Å². The Morgan fingerprint density at radius 2 is 1.69 bits per heavy atom. The van der Waals surface area contributed by atoms with Gasteiger partial charge in [0, 0.05) is 6.04 Å². The van der Waals surface area contributed by atoms with E-state index in [0.717, 1.165) is 14.8 Å². The summed E-state index contributed by atoms with van der Waals surface area (Å²) in [6.07, 6.45) is 0. The number of aromatic nitrogens is 3. The second kappa shape index (κ2) is 8.22. The predicted molar refractivity (Wildman–Crippen MR) is 107 cm³/mol. The standard InChI is InChI=1S/C21H21FN4O3/c1-13(2)23-19(27)18-20(28)25(12-15-6-8-16(22)9-7-15)21(29)26(24-18)17-10-4-14(3)5-11-17/h4-11,13H,12H2,1-3H3,(H,23,27). The highest BCUT2D eigenvalue weighted by Gasteiger charge is 2.21. The maximum absolute atomic E-state index is 13.2. The van der Waals surface area contributed by atoms with Gasteiger partial charge in [0.25, 0.3) is 11.5 Å². The molecule has 29 heavy (non-hydrogen) atoms. The van der Waals surface area contributed by atoms with Gasteiger partial charge in [-0.3, -0.25) is 14.2 Å². The number of carbonyl (C=O) groups is 1. The Labute approximate surface area is 166 Å². The Hall–Kier alpha value is -3.55. The molecule has 150 valence electrons. The first kappa shape index (κ1) is 20.2. The van der Waals surface area contributed by atoms with Gasteiger partial charge in [-0.25, -0.2) is 9.18 Å². The van der Waals surface area contributed by atoms with Crippen LogP contribution in [-0.4, -0.2) is 26.3 Å². The van der Waals surface area contributed by atoms with Crippen molar-refractivity contribution in [3.63, 3.8) is 0 Å². The largest absolute Gasteiger partial charge is 0.352 e. The lowest BCUT2D eigenvalue weighted by Gasteiger charge is -2.13. The van der Waals surface area contributed by atoms with Crippen LogP contribution in [0.3, 0.4) is 0 Å². The average molecular weight is 396 g/mol. The molecule has 1 amide bonds. The summed E-state index contributed by atoms with van der Waals surface area (Å²) < 4.78 is 15.1. The number of rotatable bonds is 5. The number of halogens is 1. The third kappa shape index (κ3) is 4.48. The van der Waals surface area contributed by atoms with Crippen molar-refractivity contribution in [2.24, 2.45) is 0 Å². The van der Waals surface area contributed by atoms with Gasteiger partial charge in [0.2, 0.25) is 5.69 Å². The second-order valence-corrected chi connectivity index (χ2v) is 7.02. The molecule has 0 fully saturated rings. The van der Waals surface area contributed by atoms with Gasteiger partial charge in [-0.1, -0.05) is 29.8 Å². The molecule has 0 aliphatic carbocycles. The minimum absolute atomic E-state index is 0.117. The number of amides is 1. The summed E-state index contributed by atoms with van der Waals surface area (Å²) in [6.45, 7) is 5.29. The molecule has 1 aromatic heterocycles. The summed E-state index contributed by atoms with van der Waals surface area (Å²) in [6, 6.07) is 12.2. The molecule has 8 heteroatoms. The molecular weight excluding hydrogens is 375 g/mol. The number of aryl methyl sites for hydroxylation is 1. The molecule has 0 spiro atoms. The molecule has 2 aromatic carbocycles. The van der Waals surface area contributed by atoms with Gasteiger partial charge in [0.1, 0.15) is 5.82 Å². The fourth-order valence-electron chi connectivity index (χ4n) is 2.75. The SMILES string of the molecule is Cc1ccc(-n2nc(C(=O)NC(C)C)c(=O)n(Cc3ccc(F)cc3)c2=O)cc1. The van der Waals surface area contributed by atoms with Crippen molar-refractivity contribution < 1.29 is 9.18 Å². The van der Waals surface area contributed by atoms with E-state index in [4.69, 9.17) is 0 Å². The molecule has 3 aromatic rings. The van der Waals surface area contributed by atoms with Crippen LogP contribution in [0.5, 0.6) is 0 Å². The van der Waals surface area contributed by atoms with Crippen LogP contribution in [0.15, 0.2) is 58.1 Å². The second-order valence-electron chi connectivity index (χ2n) is 7.02. The number of carbonyl (C=O) groups excluding carboxylic acids is 1. The highest BCUT2D eigenvalue weighted by molar-refractivity contribution is 5.91. The van der Waals surface area contributed by atoms with Crippen molar-refractivity contribution in [3.8, 4) is 5.69 Å². The molecule has 3 rings (SSSR count). The molecule has 1 heterocycles. The number of nitrogens with one attached hydrogen (secondary N) is 1. The van der Waals surface area contributed by atoms with Gasteiger partial charge < -0.3 is 5.32 Å². The molecule has 1 N–H and O–H groups in total. The molecule has 7 nitrogen and oxygen atoms in total. The topological polar surface area (TPSA) is 86.0 Å². The Morgan fingerprint density at radius 3 is 2.28 bits per heavy atom. The first-order valence-electron chi connectivity index (χ1n) is 9.13. The molecule has 0 bridgehead atoms. The van der Waals surface area contributed by atoms with Crippen LogP contribution in [0.1, 0.15) is 35.5 Å². The van der Waals surface area contributed by atoms with Crippen LogP contribution < -0.4 is 16.6 Å². The zero-order chi connectivity index (χ0) is 21.1. The maximum atomic E-state index is 13.2. The van der Waals surface area contributed by atoms with Gasteiger partial charge in [0.15, 0.2) is 0 Å².